The molecule has 0 unspecified atom stereocenters. The Kier molecular flexibility index (Phi) is 3.05. The average Bonchev–Trinajstić information content (AvgIpc) is 2.35. The Morgan fingerprint density at radius 1 is 1.00 bits per heavy atom. The van der Waals surface area contributed by atoms with Crippen LogP contribution in [0.15, 0.2) is 42.5 Å². The van der Waals surface area contributed by atoms with E-state index < -0.39 is 0 Å². The molecule has 0 atom stereocenters. The zero-order valence-electron chi connectivity index (χ0n) is 9.22. The minimum Gasteiger partial charge on any atom is -0.507 e. The highest BCUT2D eigenvalue weighted by Crippen LogP contribution is 2.32. The summed E-state index contributed by atoms with van der Waals surface area (Å²) in [4.78, 5) is 0. The van der Waals surface area contributed by atoms with E-state index in [0.717, 1.165) is 5.69 Å². The summed E-state index contributed by atoms with van der Waals surface area (Å²) in [6.45, 7) is 0.312. The third-order valence-corrected chi connectivity index (χ3v) is 2.53. The molecule has 0 spiro atoms. The molecule has 5 N–H and O–H groups in total. The maximum absolute atomic E-state index is 9.73. The normalized spacial score (nSPS) is 10.1. The highest BCUT2D eigenvalue weighted by atomic mass is 16.3. The van der Waals surface area contributed by atoms with Crippen LogP contribution in [-0.4, -0.2) is 10.2 Å². The number of nitrogens with one attached hydrogen (secondary N) is 1. The lowest BCUT2D eigenvalue weighted by atomic mass is 10.1. The summed E-state index contributed by atoms with van der Waals surface area (Å²) in [6, 6.07) is 12.5. The second-order valence-corrected chi connectivity index (χ2v) is 3.72. The molecule has 0 saturated heterocycles. The van der Waals surface area contributed by atoms with Crippen LogP contribution < -0.4 is 11.1 Å². The average molecular weight is 230 g/mol. The summed E-state index contributed by atoms with van der Waals surface area (Å²) in [5, 5.41) is 22.5. The summed E-state index contributed by atoms with van der Waals surface area (Å²) in [7, 11) is 0. The van der Waals surface area contributed by atoms with Gasteiger partial charge in [0.25, 0.3) is 0 Å². The van der Waals surface area contributed by atoms with E-state index in [0.29, 0.717) is 12.1 Å². The number of nitrogens with two attached hydrogens (primary N) is 1. The highest BCUT2D eigenvalue weighted by Gasteiger charge is 2.09. The highest BCUT2D eigenvalue weighted by molar-refractivity contribution is 5.61. The van der Waals surface area contributed by atoms with Crippen molar-refractivity contribution in [2.24, 2.45) is 0 Å². The molecule has 0 aliphatic rings. The van der Waals surface area contributed by atoms with Crippen molar-refractivity contribution in [2.75, 3.05) is 11.1 Å². The van der Waals surface area contributed by atoms with Gasteiger partial charge in [-0.25, -0.2) is 0 Å². The number of aromatic hydroxyl groups is 2. The first-order chi connectivity index (χ1) is 8.18. The summed E-state index contributed by atoms with van der Waals surface area (Å²) < 4.78 is 0. The predicted molar refractivity (Wildman–Crippen MR) is 68.0 cm³/mol. The van der Waals surface area contributed by atoms with Crippen molar-refractivity contribution in [3.05, 3.63) is 48.0 Å². The van der Waals surface area contributed by atoms with Gasteiger partial charge in [-0.1, -0.05) is 18.2 Å². The van der Waals surface area contributed by atoms with E-state index in [1.54, 1.807) is 0 Å². The van der Waals surface area contributed by atoms with Crippen molar-refractivity contribution in [1.82, 2.24) is 0 Å². The number of para-hydroxylation sites is 1. The lowest BCUT2D eigenvalue weighted by Gasteiger charge is -2.11. The first-order valence-electron chi connectivity index (χ1n) is 5.26. The molecule has 0 radical (unpaired) electrons. The molecule has 2 rings (SSSR count). The Bertz CT molecular complexity index is 512. The van der Waals surface area contributed by atoms with Crippen LogP contribution in [0.1, 0.15) is 5.56 Å². The third-order valence-electron chi connectivity index (χ3n) is 2.53. The Labute approximate surface area is 99.3 Å². The van der Waals surface area contributed by atoms with Gasteiger partial charge in [0, 0.05) is 12.2 Å². The van der Waals surface area contributed by atoms with Crippen molar-refractivity contribution in [3.63, 3.8) is 0 Å². The van der Waals surface area contributed by atoms with Gasteiger partial charge in [0.1, 0.15) is 11.5 Å². The maximum atomic E-state index is 9.73. The van der Waals surface area contributed by atoms with Gasteiger partial charge < -0.3 is 21.3 Å². The fourth-order valence-electron chi connectivity index (χ4n) is 1.56. The van der Waals surface area contributed by atoms with Crippen molar-refractivity contribution in [1.29, 1.82) is 0 Å². The molecule has 0 bridgehead atoms. The maximum Gasteiger partial charge on any atom is 0.147 e. The van der Waals surface area contributed by atoms with Crippen LogP contribution in [0, 0.1) is 0 Å². The molecule has 2 aromatic carbocycles. The standard InChI is InChI=1S/C13H14N2O2/c14-11-6-7-12(16)10(13(11)17)8-15-9-4-2-1-3-5-9/h1-7,15-17H,8,14H2. The van der Waals surface area contributed by atoms with E-state index in [2.05, 4.69) is 5.32 Å². The summed E-state index contributed by atoms with van der Waals surface area (Å²) in [5.41, 5.74) is 7.13. The summed E-state index contributed by atoms with van der Waals surface area (Å²) in [5.74, 6) is -0.0476. The van der Waals surface area contributed by atoms with Crippen molar-refractivity contribution in [2.45, 2.75) is 6.54 Å². The molecule has 17 heavy (non-hydrogen) atoms. The summed E-state index contributed by atoms with van der Waals surface area (Å²) >= 11 is 0. The van der Waals surface area contributed by atoms with Gasteiger partial charge >= 0.3 is 0 Å². The van der Waals surface area contributed by atoms with Gasteiger partial charge in [0.15, 0.2) is 0 Å². The Hall–Kier alpha value is -2.36. The van der Waals surface area contributed by atoms with E-state index in [-0.39, 0.29) is 17.2 Å². The van der Waals surface area contributed by atoms with Gasteiger partial charge in [-0.2, -0.15) is 0 Å². The van der Waals surface area contributed by atoms with Crippen molar-refractivity contribution in [3.8, 4) is 11.5 Å². The number of hydrogen-bond donors (Lipinski definition) is 4. The second kappa shape index (κ2) is 4.65. The largest absolute Gasteiger partial charge is 0.507 e. The van der Waals surface area contributed by atoms with E-state index >= 15 is 0 Å². The molecule has 0 aliphatic carbocycles. The molecule has 4 heteroatoms. The topological polar surface area (TPSA) is 78.5 Å². The number of phenolic OH excluding ortho intramolecular Hbond substituents is 2. The first kappa shape index (κ1) is 11.1. The lowest BCUT2D eigenvalue weighted by Crippen LogP contribution is -2.01. The van der Waals surface area contributed by atoms with Crippen LogP contribution in [-0.2, 0) is 6.54 Å². The number of phenols is 2. The van der Waals surface area contributed by atoms with Gasteiger partial charge in [-0.3, -0.25) is 0 Å². The van der Waals surface area contributed by atoms with Gasteiger partial charge in [0.05, 0.1) is 11.3 Å². The van der Waals surface area contributed by atoms with Crippen LogP contribution in [0.4, 0.5) is 11.4 Å². The fourth-order valence-corrected chi connectivity index (χ4v) is 1.56. The fraction of sp³-hybridized carbons (Fsp3) is 0.0769. The van der Waals surface area contributed by atoms with E-state index in [4.69, 9.17) is 5.73 Å². The number of nitrogen functional groups attached to an aromatic ring is 1. The Morgan fingerprint density at radius 2 is 1.71 bits per heavy atom. The molecule has 4 nitrogen and oxygen atoms in total. The van der Waals surface area contributed by atoms with E-state index in [9.17, 15) is 10.2 Å². The van der Waals surface area contributed by atoms with Crippen molar-refractivity contribution >= 4 is 11.4 Å². The molecular formula is C13H14N2O2. The first-order valence-corrected chi connectivity index (χ1v) is 5.26. The van der Waals surface area contributed by atoms with Crippen LogP contribution in [0.3, 0.4) is 0 Å². The molecule has 0 saturated carbocycles. The Balaban J connectivity index is 2.17. The lowest BCUT2D eigenvalue weighted by molar-refractivity contribution is 0.441. The quantitative estimate of drug-likeness (QED) is 0.370. The van der Waals surface area contributed by atoms with Crippen LogP contribution >= 0.6 is 0 Å². The van der Waals surface area contributed by atoms with Gasteiger partial charge in [0.2, 0.25) is 0 Å². The number of rotatable bonds is 3. The molecule has 88 valence electrons. The minimum atomic E-state index is -0.0755. The summed E-state index contributed by atoms with van der Waals surface area (Å²) in [6.07, 6.45) is 0. The molecule has 0 heterocycles. The predicted octanol–water partition coefficient (Wildman–Crippen LogP) is 2.29. The van der Waals surface area contributed by atoms with Gasteiger partial charge in [-0.15, -0.1) is 0 Å². The smallest absolute Gasteiger partial charge is 0.147 e. The van der Waals surface area contributed by atoms with E-state index in [1.807, 2.05) is 30.3 Å². The SMILES string of the molecule is Nc1ccc(O)c(CNc2ccccc2)c1O. The van der Waals surface area contributed by atoms with Crippen LogP contribution in [0.25, 0.3) is 0 Å². The minimum absolute atomic E-state index is 0.0279. The molecule has 0 fully saturated rings. The Morgan fingerprint density at radius 3 is 2.41 bits per heavy atom. The number of anilines is 2. The van der Waals surface area contributed by atoms with Crippen molar-refractivity contribution < 1.29 is 10.2 Å². The zero-order valence-corrected chi connectivity index (χ0v) is 9.22. The van der Waals surface area contributed by atoms with Crippen LogP contribution in [0.2, 0.25) is 0 Å². The molecule has 0 aromatic heterocycles. The molecule has 2 aromatic rings. The van der Waals surface area contributed by atoms with Gasteiger partial charge in [-0.05, 0) is 24.3 Å². The molecule has 0 aliphatic heterocycles. The number of hydrogen-bond acceptors (Lipinski definition) is 4. The monoisotopic (exact) mass is 230 g/mol. The molecule has 0 amide bonds. The van der Waals surface area contributed by atoms with Crippen LogP contribution in [0.5, 0.6) is 11.5 Å². The second-order valence-electron chi connectivity index (χ2n) is 3.72. The zero-order chi connectivity index (χ0) is 12.3. The molecular weight excluding hydrogens is 216 g/mol. The van der Waals surface area contributed by atoms with E-state index in [1.165, 1.54) is 12.1 Å². The third kappa shape index (κ3) is 2.42. The number of benzene rings is 2.